The van der Waals surface area contributed by atoms with Gasteiger partial charge < -0.3 is 10.2 Å². The first-order valence-electron chi connectivity index (χ1n) is 10.0. The van der Waals surface area contributed by atoms with Crippen molar-refractivity contribution >= 4 is 17.4 Å². The van der Waals surface area contributed by atoms with E-state index in [0.29, 0.717) is 30.3 Å². The number of rotatable bonds is 4. The van der Waals surface area contributed by atoms with Crippen molar-refractivity contribution < 1.29 is 13.8 Å². The number of carbonyl (C=O) groups is 1. The van der Waals surface area contributed by atoms with Crippen LogP contribution in [-0.2, 0) is 13.0 Å². The van der Waals surface area contributed by atoms with Crippen molar-refractivity contribution in [2.45, 2.75) is 19.9 Å². The maximum Gasteiger partial charge on any atom is 0.278 e. The summed E-state index contributed by atoms with van der Waals surface area (Å²) in [4.78, 5) is 28.0. The van der Waals surface area contributed by atoms with Crippen LogP contribution in [0.15, 0.2) is 53.4 Å². The lowest BCUT2D eigenvalue weighted by molar-refractivity contribution is 0.0722. The van der Waals surface area contributed by atoms with Gasteiger partial charge in [-0.25, -0.2) is 19.0 Å². The number of amides is 1. The zero-order chi connectivity index (χ0) is 22.1. The Kier molecular flexibility index (Phi) is 5.02. The molecule has 0 saturated heterocycles. The van der Waals surface area contributed by atoms with Gasteiger partial charge in [-0.05, 0) is 36.3 Å². The summed E-state index contributed by atoms with van der Waals surface area (Å²) < 4.78 is 19.0. The molecule has 10 heteroatoms. The highest BCUT2D eigenvalue weighted by Crippen LogP contribution is 2.30. The van der Waals surface area contributed by atoms with Crippen LogP contribution < -0.4 is 5.32 Å². The first-order valence-corrected chi connectivity index (χ1v) is 10.0. The summed E-state index contributed by atoms with van der Waals surface area (Å²) in [5.74, 6) is 0.253. The Morgan fingerprint density at radius 3 is 2.69 bits per heavy atom. The van der Waals surface area contributed by atoms with Gasteiger partial charge in [0.25, 0.3) is 5.91 Å². The largest absolute Gasteiger partial charge is 0.337 e. The molecule has 9 nitrogen and oxygen atoms in total. The SMILES string of the molecule is Cc1nonc1C(=O)N1CCc2nc(-c3ccncc3)nc(Nc3ccccc3F)c2C1. The lowest BCUT2D eigenvalue weighted by Gasteiger charge is -2.29. The molecule has 0 unspecified atom stereocenters. The van der Waals surface area contributed by atoms with Crippen LogP contribution in [0.4, 0.5) is 15.9 Å². The van der Waals surface area contributed by atoms with Gasteiger partial charge in [-0.3, -0.25) is 9.78 Å². The molecule has 1 amide bonds. The molecule has 0 spiro atoms. The van der Waals surface area contributed by atoms with E-state index in [1.54, 1.807) is 42.4 Å². The van der Waals surface area contributed by atoms with Crippen LogP contribution in [0.1, 0.15) is 27.4 Å². The van der Waals surface area contributed by atoms with Gasteiger partial charge in [-0.2, -0.15) is 0 Å². The van der Waals surface area contributed by atoms with E-state index in [2.05, 4.69) is 30.2 Å². The first kappa shape index (κ1) is 19.7. The van der Waals surface area contributed by atoms with Crippen LogP contribution in [-0.4, -0.2) is 42.6 Å². The third-order valence-electron chi connectivity index (χ3n) is 5.27. The molecule has 4 aromatic rings. The second-order valence-electron chi connectivity index (χ2n) is 7.34. The number of aromatic nitrogens is 5. The molecule has 0 atom stereocenters. The first-order chi connectivity index (χ1) is 15.6. The molecule has 1 N–H and O–H groups in total. The van der Waals surface area contributed by atoms with E-state index in [9.17, 15) is 9.18 Å². The smallest absolute Gasteiger partial charge is 0.278 e. The molecule has 0 saturated carbocycles. The highest BCUT2D eigenvalue weighted by molar-refractivity contribution is 5.93. The number of carbonyl (C=O) groups excluding carboxylic acids is 1. The second kappa shape index (κ2) is 8.14. The molecule has 3 aromatic heterocycles. The van der Waals surface area contributed by atoms with Gasteiger partial charge in [0.05, 0.1) is 17.9 Å². The van der Waals surface area contributed by atoms with Gasteiger partial charge in [0.15, 0.2) is 11.5 Å². The van der Waals surface area contributed by atoms with Gasteiger partial charge in [0.2, 0.25) is 0 Å². The van der Waals surface area contributed by atoms with E-state index in [1.807, 2.05) is 12.1 Å². The molecular weight excluding hydrogens is 413 g/mol. The van der Waals surface area contributed by atoms with E-state index < -0.39 is 5.82 Å². The highest BCUT2D eigenvalue weighted by atomic mass is 19.1. The number of aryl methyl sites for hydroxylation is 1. The Balaban J connectivity index is 1.55. The van der Waals surface area contributed by atoms with Gasteiger partial charge in [0, 0.05) is 36.5 Å². The van der Waals surface area contributed by atoms with Crippen molar-refractivity contribution in [3.05, 3.63) is 77.3 Å². The lowest BCUT2D eigenvalue weighted by Crippen LogP contribution is -2.37. The minimum absolute atomic E-state index is 0.173. The fraction of sp³-hybridized carbons (Fsp3) is 0.182. The summed E-state index contributed by atoms with van der Waals surface area (Å²) in [5.41, 5.74) is 3.20. The van der Waals surface area contributed by atoms with Crippen molar-refractivity contribution in [1.29, 1.82) is 0 Å². The normalized spacial score (nSPS) is 13.0. The van der Waals surface area contributed by atoms with E-state index in [0.717, 1.165) is 16.8 Å². The number of para-hydroxylation sites is 1. The zero-order valence-corrected chi connectivity index (χ0v) is 17.1. The van der Waals surface area contributed by atoms with E-state index in [-0.39, 0.29) is 23.8 Å². The topological polar surface area (TPSA) is 110 Å². The van der Waals surface area contributed by atoms with Crippen molar-refractivity contribution in [3.63, 3.8) is 0 Å². The quantitative estimate of drug-likeness (QED) is 0.524. The standard InChI is InChI=1S/C22H18FN7O2/c1-13-19(29-32-28-13)22(31)30-11-8-17-15(12-30)21(26-18-5-3-2-4-16(18)23)27-20(25-17)14-6-9-24-10-7-14/h2-7,9-10H,8,11-12H2,1H3,(H,25,26,27). The molecule has 0 radical (unpaired) electrons. The van der Waals surface area contributed by atoms with E-state index in [1.165, 1.54) is 6.07 Å². The molecule has 32 heavy (non-hydrogen) atoms. The number of hydrogen-bond acceptors (Lipinski definition) is 8. The number of nitrogens with one attached hydrogen (secondary N) is 1. The minimum atomic E-state index is -0.404. The number of pyridine rings is 1. The van der Waals surface area contributed by atoms with Gasteiger partial charge in [-0.15, -0.1) is 0 Å². The van der Waals surface area contributed by atoms with Gasteiger partial charge in [0.1, 0.15) is 17.3 Å². The van der Waals surface area contributed by atoms with Gasteiger partial charge in [-0.1, -0.05) is 17.3 Å². The average Bonchev–Trinajstić information content (AvgIpc) is 3.26. The van der Waals surface area contributed by atoms with Crippen molar-refractivity contribution in [2.24, 2.45) is 0 Å². The highest BCUT2D eigenvalue weighted by Gasteiger charge is 2.29. The zero-order valence-electron chi connectivity index (χ0n) is 17.1. The molecule has 1 aromatic carbocycles. The fourth-order valence-corrected chi connectivity index (χ4v) is 3.59. The second-order valence-corrected chi connectivity index (χ2v) is 7.34. The number of halogens is 1. The molecule has 1 aliphatic rings. The summed E-state index contributed by atoms with van der Waals surface area (Å²) in [6.07, 6.45) is 3.84. The summed E-state index contributed by atoms with van der Waals surface area (Å²) >= 11 is 0. The van der Waals surface area contributed by atoms with E-state index in [4.69, 9.17) is 4.98 Å². The summed E-state index contributed by atoms with van der Waals surface area (Å²) in [6, 6.07) is 9.98. The third-order valence-corrected chi connectivity index (χ3v) is 5.27. The van der Waals surface area contributed by atoms with Crippen LogP contribution in [0.25, 0.3) is 11.4 Å². The van der Waals surface area contributed by atoms with Crippen molar-refractivity contribution in [1.82, 2.24) is 30.2 Å². The predicted molar refractivity (Wildman–Crippen MR) is 112 cm³/mol. The Bertz CT molecular complexity index is 1290. The lowest BCUT2D eigenvalue weighted by atomic mass is 10.0. The third kappa shape index (κ3) is 3.66. The average molecular weight is 431 g/mol. The maximum atomic E-state index is 14.4. The Hall–Kier alpha value is -4.21. The summed E-state index contributed by atoms with van der Waals surface area (Å²) in [6.45, 7) is 2.36. The Morgan fingerprint density at radius 2 is 1.94 bits per heavy atom. The molecule has 0 bridgehead atoms. The van der Waals surface area contributed by atoms with Crippen LogP contribution in [0.2, 0.25) is 0 Å². The fourth-order valence-electron chi connectivity index (χ4n) is 3.59. The summed E-state index contributed by atoms with van der Waals surface area (Å²) in [7, 11) is 0. The van der Waals surface area contributed by atoms with Crippen molar-refractivity contribution in [3.8, 4) is 11.4 Å². The van der Waals surface area contributed by atoms with E-state index >= 15 is 0 Å². The molecule has 0 aliphatic carbocycles. The van der Waals surface area contributed by atoms with Crippen LogP contribution >= 0.6 is 0 Å². The Morgan fingerprint density at radius 1 is 1.12 bits per heavy atom. The van der Waals surface area contributed by atoms with Crippen LogP contribution in [0.5, 0.6) is 0 Å². The number of hydrogen-bond donors (Lipinski definition) is 1. The summed E-state index contributed by atoms with van der Waals surface area (Å²) in [5, 5.41) is 10.5. The molecule has 1 aliphatic heterocycles. The molecule has 0 fully saturated rings. The number of fused-ring (bicyclic) bond motifs is 1. The monoisotopic (exact) mass is 431 g/mol. The Labute approximate surface area is 182 Å². The molecule has 5 rings (SSSR count). The molecule has 4 heterocycles. The van der Waals surface area contributed by atoms with Crippen LogP contribution in [0.3, 0.4) is 0 Å². The maximum absolute atomic E-state index is 14.4. The van der Waals surface area contributed by atoms with Crippen molar-refractivity contribution in [2.75, 3.05) is 11.9 Å². The number of nitrogens with zero attached hydrogens (tertiary/aromatic N) is 6. The number of anilines is 2. The van der Waals surface area contributed by atoms with Gasteiger partial charge >= 0.3 is 0 Å². The number of benzene rings is 1. The van der Waals surface area contributed by atoms with Crippen LogP contribution in [0, 0.1) is 12.7 Å². The molecule has 160 valence electrons. The minimum Gasteiger partial charge on any atom is -0.337 e. The molecular formula is C22H18FN7O2. The predicted octanol–water partition coefficient (Wildman–Crippen LogP) is 3.31.